The van der Waals surface area contributed by atoms with Crippen LogP contribution in [0.25, 0.3) is 0 Å². The normalized spacial score (nSPS) is 18.2. The Balaban J connectivity index is 1.99. The number of nitrogens with zero attached hydrogens (tertiary/aromatic N) is 1. The number of nitrogens with one attached hydrogen (secondary N) is 2. The van der Waals surface area contributed by atoms with E-state index in [-0.39, 0.29) is 24.8 Å². The number of methoxy groups -OCH3 is 1. The Hall–Kier alpha value is -2.41. The summed E-state index contributed by atoms with van der Waals surface area (Å²) in [5.74, 6) is -0.957. The Morgan fingerprint density at radius 3 is 2.91 bits per heavy atom. The number of esters is 1. The van der Waals surface area contributed by atoms with Crippen molar-refractivity contribution < 1.29 is 19.1 Å². The van der Waals surface area contributed by atoms with Crippen molar-refractivity contribution in [3.05, 3.63) is 29.8 Å². The zero-order valence-corrected chi connectivity index (χ0v) is 13.3. The van der Waals surface area contributed by atoms with Crippen LogP contribution in [0.5, 0.6) is 0 Å². The second kappa shape index (κ2) is 7.73. The lowest BCUT2D eigenvalue weighted by atomic mass is 10.1. The van der Waals surface area contributed by atoms with Crippen molar-refractivity contribution in [3.8, 4) is 0 Å². The molecule has 0 bridgehead atoms. The van der Waals surface area contributed by atoms with Crippen LogP contribution in [0.3, 0.4) is 0 Å². The SMILES string of the molecule is COC(=O)C[C@@H]1C(=O)NCCN1CC(=O)Nc1cccc(C)c1. The van der Waals surface area contributed by atoms with Crippen LogP contribution in [0, 0.1) is 6.92 Å². The fourth-order valence-electron chi connectivity index (χ4n) is 2.52. The third kappa shape index (κ3) is 4.79. The smallest absolute Gasteiger partial charge is 0.307 e. The van der Waals surface area contributed by atoms with Gasteiger partial charge in [0.15, 0.2) is 0 Å². The molecule has 7 heteroatoms. The minimum absolute atomic E-state index is 0.0447. The van der Waals surface area contributed by atoms with Gasteiger partial charge in [-0.15, -0.1) is 0 Å². The molecule has 124 valence electrons. The maximum atomic E-state index is 12.2. The number of ether oxygens (including phenoxy) is 1. The molecule has 1 aromatic rings. The van der Waals surface area contributed by atoms with Crippen LogP contribution in [-0.4, -0.2) is 55.5 Å². The highest BCUT2D eigenvalue weighted by Gasteiger charge is 2.32. The molecular formula is C16H21N3O4. The van der Waals surface area contributed by atoms with Gasteiger partial charge in [-0.2, -0.15) is 0 Å². The molecule has 1 fully saturated rings. The van der Waals surface area contributed by atoms with Gasteiger partial charge in [-0.25, -0.2) is 0 Å². The van der Waals surface area contributed by atoms with Gasteiger partial charge in [0, 0.05) is 18.8 Å². The Morgan fingerprint density at radius 2 is 2.22 bits per heavy atom. The summed E-state index contributed by atoms with van der Waals surface area (Å²) in [6, 6.07) is 6.79. The first-order valence-corrected chi connectivity index (χ1v) is 7.44. The molecule has 0 radical (unpaired) electrons. The van der Waals surface area contributed by atoms with Crippen molar-refractivity contribution in [1.82, 2.24) is 10.2 Å². The van der Waals surface area contributed by atoms with Gasteiger partial charge in [0.25, 0.3) is 0 Å². The molecule has 1 heterocycles. The average molecular weight is 319 g/mol. The summed E-state index contributed by atoms with van der Waals surface area (Å²) in [5, 5.41) is 5.51. The molecule has 1 aliphatic heterocycles. The van der Waals surface area contributed by atoms with Gasteiger partial charge in [0.2, 0.25) is 11.8 Å². The summed E-state index contributed by atoms with van der Waals surface area (Å²) < 4.78 is 4.62. The molecule has 1 saturated heterocycles. The van der Waals surface area contributed by atoms with Crippen molar-refractivity contribution >= 4 is 23.5 Å². The maximum absolute atomic E-state index is 12.2. The maximum Gasteiger partial charge on any atom is 0.307 e. The van der Waals surface area contributed by atoms with E-state index in [1.807, 2.05) is 25.1 Å². The van der Waals surface area contributed by atoms with Gasteiger partial charge in [-0.05, 0) is 24.6 Å². The highest BCUT2D eigenvalue weighted by atomic mass is 16.5. The number of amides is 2. The minimum Gasteiger partial charge on any atom is -0.469 e. The van der Waals surface area contributed by atoms with Gasteiger partial charge in [-0.3, -0.25) is 19.3 Å². The van der Waals surface area contributed by atoms with Crippen LogP contribution in [0.4, 0.5) is 5.69 Å². The van der Waals surface area contributed by atoms with E-state index in [0.717, 1.165) is 5.56 Å². The summed E-state index contributed by atoms with van der Waals surface area (Å²) >= 11 is 0. The first-order chi connectivity index (χ1) is 11.0. The van der Waals surface area contributed by atoms with Crippen molar-refractivity contribution in [2.75, 3.05) is 32.1 Å². The van der Waals surface area contributed by atoms with Crippen molar-refractivity contribution in [2.24, 2.45) is 0 Å². The lowest BCUT2D eigenvalue weighted by molar-refractivity contribution is -0.146. The zero-order chi connectivity index (χ0) is 16.8. The van der Waals surface area contributed by atoms with Crippen molar-refractivity contribution in [3.63, 3.8) is 0 Å². The molecule has 1 aromatic carbocycles. The van der Waals surface area contributed by atoms with E-state index in [1.165, 1.54) is 7.11 Å². The monoisotopic (exact) mass is 319 g/mol. The zero-order valence-electron chi connectivity index (χ0n) is 13.3. The molecule has 2 amide bonds. The van der Waals surface area contributed by atoms with E-state index in [4.69, 9.17) is 0 Å². The second-order valence-corrected chi connectivity index (χ2v) is 5.48. The number of rotatable bonds is 5. The van der Waals surface area contributed by atoms with Crippen LogP contribution >= 0.6 is 0 Å². The van der Waals surface area contributed by atoms with E-state index in [1.54, 1.807) is 11.0 Å². The Kier molecular flexibility index (Phi) is 5.70. The number of carbonyl (C=O) groups excluding carboxylic acids is 3. The number of carbonyl (C=O) groups is 3. The number of anilines is 1. The summed E-state index contributed by atoms with van der Waals surface area (Å²) in [6.07, 6.45) is -0.0694. The largest absolute Gasteiger partial charge is 0.469 e. The molecule has 0 aliphatic carbocycles. The molecular weight excluding hydrogens is 298 g/mol. The molecule has 2 rings (SSSR count). The molecule has 2 N–H and O–H groups in total. The van der Waals surface area contributed by atoms with Crippen molar-refractivity contribution in [2.45, 2.75) is 19.4 Å². The highest BCUT2D eigenvalue weighted by Crippen LogP contribution is 2.12. The fraction of sp³-hybridized carbons (Fsp3) is 0.438. The number of hydrogen-bond donors (Lipinski definition) is 2. The lowest BCUT2D eigenvalue weighted by Crippen LogP contribution is -2.57. The topological polar surface area (TPSA) is 87.7 Å². The van der Waals surface area contributed by atoms with Crippen LogP contribution in [-0.2, 0) is 19.1 Å². The third-order valence-electron chi connectivity index (χ3n) is 3.68. The minimum atomic E-state index is -0.681. The predicted molar refractivity (Wildman–Crippen MR) is 84.8 cm³/mol. The molecule has 23 heavy (non-hydrogen) atoms. The van der Waals surface area contributed by atoms with Crippen LogP contribution in [0.1, 0.15) is 12.0 Å². The predicted octanol–water partition coefficient (Wildman–Crippen LogP) is 0.297. The highest BCUT2D eigenvalue weighted by molar-refractivity contribution is 5.93. The molecule has 0 saturated carbocycles. The van der Waals surface area contributed by atoms with Gasteiger partial charge >= 0.3 is 5.97 Å². The van der Waals surface area contributed by atoms with E-state index in [0.29, 0.717) is 18.8 Å². The first-order valence-electron chi connectivity index (χ1n) is 7.44. The average Bonchev–Trinajstić information content (AvgIpc) is 2.50. The number of aryl methyl sites for hydroxylation is 1. The summed E-state index contributed by atoms with van der Waals surface area (Å²) in [4.78, 5) is 37.3. The number of hydrogen-bond acceptors (Lipinski definition) is 5. The van der Waals surface area contributed by atoms with E-state index < -0.39 is 12.0 Å². The Labute approximate surface area is 135 Å². The molecule has 0 aromatic heterocycles. The fourth-order valence-corrected chi connectivity index (χ4v) is 2.52. The van der Waals surface area contributed by atoms with Crippen LogP contribution in [0.2, 0.25) is 0 Å². The first kappa shape index (κ1) is 17.0. The molecule has 1 aliphatic rings. The van der Waals surface area contributed by atoms with E-state index in [2.05, 4.69) is 15.4 Å². The second-order valence-electron chi connectivity index (χ2n) is 5.48. The van der Waals surface area contributed by atoms with Crippen LogP contribution < -0.4 is 10.6 Å². The van der Waals surface area contributed by atoms with E-state index in [9.17, 15) is 14.4 Å². The van der Waals surface area contributed by atoms with E-state index >= 15 is 0 Å². The Bertz CT molecular complexity index is 603. The standard InChI is InChI=1S/C16H21N3O4/c1-11-4-3-5-12(8-11)18-14(20)10-19-7-6-17-16(22)13(19)9-15(21)23-2/h3-5,8,13H,6-7,9-10H2,1-2H3,(H,17,22)(H,18,20)/t13-/m1/s1. The number of benzene rings is 1. The summed E-state index contributed by atoms with van der Waals surface area (Å²) in [7, 11) is 1.28. The summed E-state index contributed by atoms with van der Waals surface area (Å²) in [5.41, 5.74) is 1.75. The molecule has 0 spiro atoms. The Morgan fingerprint density at radius 1 is 1.43 bits per heavy atom. The third-order valence-corrected chi connectivity index (χ3v) is 3.68. The van der Waals surface area contributed by atoms with Crippen LogP contribution in [0.15, 0.2) is 24.3 Å². The molecule has 1 atom stereocenters. The molecule has 0 unspecified atom stereocenters. The van der Waals surface area contributed by atoms with Gasteiger partial charge in [0.05, 0.1) is 20.1 Å². The van der Waals surface area contributed by atoms with Crippen molar-refractivity contribution in [1.29, 1.82) is 0 Å². The van der Waals surface area contributed by atoms with Gasteiger partial charge in [0.1, 0.15) is 6.04 Å². The van der Waals surface area contributed by atoms with Gasteiger partial charge < -0.3 is 15.4 Å². The van der Waals surface area contributed by atoms with Gasteiger partial charge in [-0.1, -0.05) is 12.1 Å². The quantitative estimate of drug-likeness (QED) is 0.762. The molecule has 7 nitrogen and oxygen atoms in total. The summed E-state index contributed by atoms with van der Waals surface area (Å²) in [6.45, 7) is 2.95. The lowest BCUT2D eigenvalue weighted by Gasteiger charge is -2.33. The number of piperazine rings is 1.